The number of hydrogen-bond acceptors (Lipinski definition) is 4. The molecule has 1 aromatic heterocycles. The molecular weight excluding hydrogens is 207 g/mol. The number of anilines is 1. The van der Waals surface area contributed by atoms with E-state index in [4.69, 9.17) is 0 Å². The average molecular weight is 222 g/mol. The Kier molecular flexibility index (Phi) is 2.47. The van der Waals surface area contributed by atoms with Gasteiger partial charge in [-0.05, 0) is 18.8 Å². The summed E-state index contributed by atoms with van der Waals surface area (Å²) in [6, 6.07) is 0.558. The lowest BCUT2D eigenvalue weighted by atomic mass is 10.1. The van der Waals surface area contributed by atoms with Gasteiger partial charge in [-0.1, -0.05) is 0 Å². The Morgan fingerprint density at radius 1 is 1.31 bits per heavy atom. The summed E-state index contributed by atoms with van der Waals surface area (Å²) in [7, 11) is 0. The molecule has 1 atom stereocenters. The number of aromatic nitrogens is 2. The molecule has 0 spiro atoms. The highest BCUT2D eigenvalue weighted by Crippen LogP contribution is 2.33. The van der Waals surface area contributed by atoms with Crippen LogP contribution in [-0.4, -0.2) is 35.6 Å². The fourth-order valence-corrected chi connectivity index (χ4v) is 2.24. The van der Waals surface area contributed by atoms with Gasteiger partial charge in [0.1, 0.15) is 0 Å². The van der Waals surface area contributed by atoms with Gasteiger partial charge in [0.05, 0.1) is 12.4 Å². The van der Waals surface area contributed by atoms with Gasteiger partial charge in [-0.2, -0.15) is 0 Å². The van der Waals surface area contributed by atoms with Crippen molar-refractivity contribution in [2.24, 2.45) is 5.92 Å². The van der Waals surface area contributed by atoms with Crippen molar-refractivity contribution >= 4 is 5.95 Å². The third-order valence-corrected chi connectivity index (χ3v) is 3.29. The fourth-order valence-electron chi connectivity index (χ4n) is 2.24. The van der Waals surface area contributed by atoms with E-state index in [9.17, 15) is 4.39 Å². The highest BCUT2D eigenvalue weighted by molar-refractivity contribution is 5.30. The van der Waals surface area contributed by atoms with E-state index in [1.54, 1.807) is 0 Å². The Bertz CT molecular complexity index is 363. The summed E-state index contributed by atoms with van der Waals surface area (Å²) >= 11 is 0. The molecule has 16 heavy (non-hydrogen) atoms. The molecule has 0 aromatic carbocycles. The van der Waals surface area contributed by atoms with Crippen molar-refractivity contribution in [2.45, 2.75) is 18.9 Å². The zero-order chi connectivity index (χ0) is 11.0. The van der Waals surface area contributed by atoms with Crippen LogP contribution in [0.25, 0.3) is 0 Å². The van der Waals surface area contributed by atoms with E-state index in [0.29, 0.717) is 12.0 Å². The summed E-state index contributed by atoms with van der Waals surface area (Å²) in [4.78, 5) is 10.2. The molecule has 0 bridgehead atoms. The van der Waals surface area contributed by atoms with Gasteiger partial charge in [0.2, 0.25) is 5.95 Å². The largest absolute Gasteiger partial charge is 0.338 e. The van der Waals surface area contributed by atoms with E-state index < -0.39 is 0 Å². The van der Waals surface area contributed by atoms with Gasteiger partial charge >= 0.3 is 0 Å². The number of hydrogen-bond donors (Lipinski definition) is 1. The predicted octanol–water partition coefficient (Wildman–Crippen LogP) is 0.804. The lowest BCUT2D eigenvalue weighted by Gasteiger charge is -2.33. The molecule has 3 rings (SSSR count). The molecule has 1 unspecified atom stereocenters. The summed E-state index contributed by atoms with van der Waals surface area (Å²) in [5.74, 6) is 1.09. The van der Waals surface area contributed by atoms with Crippen LogP contribution in [-0.2, 0) is 0 Å². The van der Waals surface area contributed by atoms with Crippen molar-refractivity contribution in [3.63, 3.8) is 0 Å². The normalized spacial score (nSPS) is 25.8. The van der Waals surface area contributed by atoms with Crippen LogP contribution in [0.3, 0.4) is 0 Å². The summed E-state index contributed by atoms with van der Waals surface area (Å²) in [6.45, 7) is 2.80. The lowest BCUT2D eigenvalue weighted by Crippen LogP contribution is -2.52. The molecule has 86 valence electrons. The van der Waals surface area contributed by atoms with Crippen molar-refractivity contribution in [1.82, 2.24) is 15.3 Å². The van der Waals surface area contributed by atoms with Crippen LogP contribution in [0.5, 0.6) is 0 Å². The summed E-state index contributed by atoms with van der Waals surface area (Å²) in [5, 5.41) is 3.52. The quantitative estimate of drug-likeness (QED) is 0.803. The number of rotatable bonds is 2. The minimum atomic E-state index is -0.377. The molecule has 4 nitrogen and oxygen atoms in total. The third-order valence-electron chi connectivity index (χ3n) is 3.29. The van der Waals surface area contributed by atoms with Gasteiger partial charge in [-0.15, -0.1) is 0 Å². The fraction of sp³-hybridized carbons (Fsp3) is 0.636. The minimum Gasteiger partial charge on any atom is -0.338 e. The molecule has 1 N–H and O–H groups in total. The molecule has 2 heterocycles. The van der Waals surface area contributed by atoms with Gasteiger partial charge in [0, 0.05) is 25.7 Å². The Morgan fingerprint density at radius 3 is 2.75 bits per heavy atom. The van der Waals surface area contributed by atoms with Crippen LogP contribution in [0.15, 0.2) is 12.4 Å². The van der Waals surface area contributed by atoms with E-state index in [0.717, 1.165) is 25.6 Å². The molecule has 1 saturated carbocycles. The monoisotopic (exact) mass is 222 g/mol. The lowest BCUT2D eigenvalue weighted by molar-refractivity contribution is 0.415. The number of nitrogens with zero attached hydrogens (tertiary/aromatic N) is 3. The van der Waals surface area contributed by atoms with Gasteiger partial charge < -0.3 is 10.2 Å². The highest BCUT2D eigenvalue weighted by Gasteiger charge is 2.34. The molecular formula is C11H15FN4. The van der Waals surface area contributed by atoms with Crippen LogP contribution in [0, 0.1) is 11.7 Å². The topological polar surface area (TPSA) is 41.1 Å². The molecule has 2 aliphatic rings. The average Bonchev–Trinajstić information content (AvgIpc) is 3.14. The second-order valence-electron chi connectivity index (χ2n) is 4.55. The summed E-state index contributed by atoms with van der Waals surface area (Å²) in [5.41, 5.74) is 0. The molecule has 1 aliphatic carbocycles. The molecule has 1 aromatic rings. The Labute approximate surface area is 93.9 Å². The Hall–Kier alpha value is -1.23. The van der Waals surface area contributed by atoms with Crippen LogP contribution in [0.4, 0.5) is 10.3 Å². The molecule has 0 amide bonds. The van der Waals surface area contributed by atoms with Gasteiger partial charge in [-0.3, -0.25) is 0 Å². The number of piperazine rings is 1. The smallest absolute Gasteiger partial charge is 0.225 e. The Balaban J connectivity index is 1.71. The molecule has 5 heteroatoms. The second kappa shape index (κ2) is 3.97. The Morgan fingerprint density at radius 2 is 2.06 bits per heavy atom. The maximum Gasteiger partial charge on any atom is 0.225 e. The first-order valence-electron chi connectivity index (χ1n) is 5.79. The highest BCUT2D eigenvalue weighted by atomic mass is 19.1. The van der Waals surface area contributed by atoms with Crippen LogP contribution in [0.1, 0.15) is 12.8 Å². The molecule has 1 saturated heterocycles. The van der Waals surface area contributed by atoms with Crippen molar-refractivity contribution in [2.75, 3.05) is 24.5 Å². The van der Waals surface area contributed by atoms with Crippen molar-refractivity contribution in [3.05, 3.63) is 18.2 Å². The predicted molar refractivity (Wildman–Crippen MR) is 58.7 cm³/mol. The van der Waals surface area contributed by atoms with Gasteiger partial charge in [0.25, 0.3) is 0 Å². The summed E-state index contributed by atoms with van der Waals surface area (Å²) < 4.78 is 12.7. The van der Waals surface area contributed by atoms with Crippen LogP contribution < -0.4 is 10.2 Å². The van der Waals surface area contributed by atoms with Crippen LogP contribution in [0.2, 0.25) is 0 Å². The molecule has 1 aliphatic heterocycles. The third kappa shape index (κ3) is 2.00. The molecule has 2 fully saturated rings. The van der Waals surface area contributed by atoms with Crippen molar-refractivity contribution in [1.29, 1.82) is 0 Å². The zero-order valence-corrected chi connectivity index (χ0v) is 9.06. The van der Waals surface area contributed by atoms with E-state index in [1.165, 1.54) is 25.2 Å². The second-order valence-corrected chi connectivity index (χ2v) is 4.55. The minimum absolute atomic E-state index is 0.377. The summed E-state index contributed by atoms with van der Waals surface area (Å²) in [6.07, 6.45) is 5.12. The number of halogens is 1. The molecule has 0 radical (unpaired) electrons. The van der Waals surface area contributed by atoms with E-state index >= 15 is 0 Å². The van der Waals surface area contributed by atoms with E-state index in [1.807, 2.05) is 0 Å². The first-order valence-corrected chi connectivity index (χ1v) is 5.79. The maximum absolute atomic E-state index is 12.7. The van der Waals surface area contributed by atoms with Gasteiger partial charge in [-0.25, -0.2) is 14.4 Å². The van der Waals surface area contributed by atoms with Crippen molar-refractivity contribution < 1.29 is 4.39 Å². The van der Waals surface area contributed by atoms with Crippen LogP contribution >= 0.6 is 0 Å². The maximum atomic E-state index is 12.7. The van der Waals surface area contributed by atoms with E-state index in [-0.39, 0.29) is 5.82 Å². The first-order chi connectivity index (χ1) is 7.83. The van der Waals surface area contributed by atoms with Gasteiger partial charge in [0.15, 0.2) is 5.82 Å². The van der Waals surface area contributed by atoms with E-state index in [2.05, 4.69) is 20.2 Å². The SMILES string of the molecule is Fc1cnc(N2CCNC(C3CC3)C2)nc1. The first kappa shape index (κ1) is 9.96. The zero-order valence-electron chi connectivity index (χ0n) is 9.06. The standard InChI is InChI=1S/C11H15FN4/c12-9-5-14-11(15-6-9)16-4-3-13-10(7-16)8-1-2-8/h5-6,8,10,13H,1-4,7H2. The number of nitrogens with one attached hydrogen (secondary N) is 1. The van der Waals surface area contributed by atoms with Crippen molar-refractivity contribution in [3.8, 4) is 0 Å².